The lowest BCUT2D eigenvalue weighted by atomic mass is 10.1. The molecule has 0 bridgehead atoms. The van der Waals surface area contributed by atoms with E-state index in [0.29, 0.717) is 11.3 Å². The largest absolute Gasteiger partial charge is 0.321 e. The molecule has 0 aliphatic rings. The Morgan fingerprint density at radius 2 is 1.96 bits per heavy atom. The Hall–Kier alpha value is -3.02. The molecule has 0 atom stereocenters. The summed E-state index contributed by atoms with van der Waals surface area (Å²) in [7, 11) is -3.79. The van der Waals surface area contributed by atoms with Gasteiger partial charge in [0.25, 0.3) is 5.91 Å². The fourth-order valence-electron chi connectivity index (χ4n) is 1.70. The molecule has 116 valence electrons. The topological polar surface area (TPSA) is 126 Å². The summed E-state index contributed by atoms with van der Waals surface area (Å²) in [5, 5.41) is 16.6. The summed E-state index contributed by atoms with van der Waals surface area (Å²) in [5.74, 6) is -0.611. The molecule has 0 fully saturated rings. The number of nitrogens with one attached hydrogen (secondary N) is 1. The molecule has 3 N–H and O–H groups in total. The van der Waals surface area contributed by atoms with E-state index in [9.17, 15) is 13.2 Å². The highest BCUT2D eigenvalue weighted by molar-refractivity contribution is 7.89. The van der Waals surface area contributed by atoms with E-state index in [-0.39, 0.29) is 10.5 Å². The third-order valence-corrected chi connectivity index (χ3v) is 3.73. The highest BCUT2D eigenvalue weighted by Gasteiger charge is 2.11. The minimum atomic E-state index is -3.79. The predicted molar refractivity (Wildman–Crippen MR) is 84.3 cm³/mol. The SMILES string of the molecule is N#C/C(=C\c1cccnc1)C(=O)Nc1ccc(S(N)(=O)=O)cc1. The zero-order chi connectivity index (χ0) is 16.9. The zero-order valence-corrected chi connectivity index (χ0v) is 12.6. The summed E-state index contributed by atoms with van der Waals surface area (Å²) in [6.07, 6.45) is 4.50. The first-order chi connectivity index (χ1) is 10.9. The van der Waals surface area contributed by atoms with Crippen LogP contribution in [0, 0.1) is 11.3 Å². The number of nitrogens with zero attached hydrogens (tertiary/aromatic N) is 2. The van der Waals surface area contributed by atoms with Gasteiger partial charge in [-0.1, -0.05) is 6.07 Å². The summed E-state index contributed by atoms with van der Waals surface area (Å²) >= 11 is 0. The number of benzene rings is 1. The first-order valence-electron chi connectivity index (χ1n) is 6.36. The number of hydrogen-bond acceptors (Lipinski definition) is 5. The normalized spacial score (nSPS) is 11.6. The van der Waals surface area contributed by atoms with Gasteiger partial charge in [-0.15, -0.1) is 0 Å². The molecule has 8 heteroatoms. The van der Waals surface area contributed by atoms with E-state index in [1.54, 1.807) is 18.3 Å². The van der Waals surface area contributed by atoms with Crippen molar-refractivity contribution in [2.24, 2.45) is 5.14 Å². The van der Waals surface area contributed by atoms with Crippen molar-refractivity contribution in [3.05, 3.63) is 59.9 Å². The van der Waals surface area contributed by atoms with E-state index in [1.165, 1.54) is 36.5 Å². The minimum Gasteiger partial charge on any atom is -0.321 e. The van der Waals surface area contributed by atoms with Gasteiger partial charge in [-0.3, -0.25) is 9.78 Å². The molecule has 2 aromatic rings. The monoisotopic (exact) mass is 328 g/mol. The maximum Gasteiger partial charge on any atom is 0.266 e. The molecule has 0 aliphatic carbocycles. The van der Waals surface area contributed by atoms with E-state index in [4.69, 9.17) is 10.4 Å². The molecule has 1 aromatic heterocycles. The molecule has 1 heterocycles. The number of nitrogens with two attached hydrogens (primary N) is 1. The number of hydrogen-bond donors (Lipinski definition) is 2. The third kappa shape index (κ3) is 4.47. The van der Waals surface area contributed by atoms with Gasteiger partial charge in [-0.25, -0.2) is 13.6 Å². The number of primary sulfonamides is 1. The Morgan fingerprint density at radius 3 is 2.48 bits per heavy atom. The van der Waals surface area contributed by atoms with E-state index in [0.717, 1.165) is 0 Å². The maximum absolute atomic E-state index is 12.1. The molecule has 0 saturated heterocycles. The van der Waals surface area contributed by atoms with Crippen LogP contribution in [0.4, 0.5) is 5.69 Å². The second kappa shape index (κ2) is 6.83. The van der Waals surface area contributed by atoms with E-state index < -0.39 is 15.9 Å². The zero-order valence-electron chi connectivity index (χ0n) is 11.8. The van der Waals surface area contributed by atoms with Gasteiger partial charge < -0.3 is 5.32 Å². The van der Waals surface area contributed by atoms with Crippen LogP contribution in [0.1, 0.15) is 5.56 Å². The average molecular weight is 328 g/mol. The summed E-state index contributed by atoms with van der Waals surface area (Å²) in [6, 6.07) is 10.5. The van der Waals surface area contributed by atoms with E-state index >= 15 is 0 Å². The van der Waals surface area contributed by atoms with Gasteiger partial charge in [0.1, 0.15) is 11.6 Å². The fourth-order valence-corrected chi connectivity index (χ4v) is 2.22. The molecular formula is C15H12N4O3S. The van der Waals surface area contributed by atoms with Crippen molar-refractivity contribution in [1.82, 2.24) is 4.98 Å². The second-order valence-electron chi connectivity index (χ2n) is 4.48. The Bertz CT molecular complexity index is 883. The number of aromatic nitrogens is 1. The molecular weight excluding hydrogens is 316 g/mol. The number of sulfonamides is 1. The van der Waals surface area contributed by atoms with Crippen LogP contribution in [0.3, 0.4) is 0 Å². The lowest BCUT2D eigenvalue weighted by Gasteiger charge is -2.05. The molecule has 0 unspecified atom stereocenters. The Balaban J connectivity index is 2.18. The maximum atomic E-state index is 12.1. The third-order valence-electron chi connectivity index (χ3n) is 2.80. The highest BCUT2D eigenvalue weighted by Crippen LogP contribution is 2.14. The van der Waals surface area contributed by atoms with Gasteiger partial charge in [0.05, 0.1) is 4.90 Å². The Labute approximate surface area is 133 Å². The quantitative estimate of drug-likeness (QED) is 0.645. The number of pyridine rings is 1. The molecule has 0 radical (unpaired) electrons. The number of amides is 1. The Morgan fingerprint density at radius 1 is 1.26 bits per heavy atom. The summed E-state index contributed by atoms with van der Waals surface area (Å²) in [5.41, 5.74) is 0.854. The highest BCUT2D eigenvalue weighted by atomic mass is 32.2. The van der Waals surface area contributed by atoms with Gasteiger partial charge in [-0.2, -0.15) is 5.26 Å². The first kappa shape index (κ1) is 16.4. The molecule has 0 spiro atoms. The van der Waals surface area contributed by atoms with Crippen molar-refractivity contribution in [2.75, 3.05) is 5.32 Å². The number of rotatable bonds is 4. The molecule has 7 nitrogen and oxygen atoms in total. The predicted octanol–water partition coefficient (Wildman–Crippen LogP) is 1.27. The van der Waals surface area contributed by atoms with Crippen LogP contribution in [0.25, 0.3) is 6.08 Å². The van der Waals surface area contributed by atoms with Gasteiger partial charge >= 0.3 is 0 Å². The number of carbonyl (C=O) groups excluding carboxylic acids is 1. The van der Waals surface area contributed by atoms with E-state index in [1.807, 2.05) is 6.07 Å². The van der Waals surface area contributed by atoms with Crippen molar-refractivity contribution in [3.63, 3.8) is 0 Å². The number of carbonyl (C=O) groups is 1. The Kier molecular flexibility index (Phi) is 4.85. The van der Waals surface area contributed by atoms with Crippen LogP contribution in [0.15, 0.2) is 59.3 Å². The van der Waals surface area contributed by atoms with Gasteiger partial charge in [0.15, 0.2) is 0 Å². The number of nitriles is 1. The standard InChI is InChI=1S/C15H12N4O3S/c16-9-12(8-11-2-1-7-18-10-11)15(20)19-13-3-5-14(6-4-13)23(17,21)22/h1-8,10H,(H,19,20)(H2,17,21,22)/b12-8+. The van der Waals surface area contributed by atoms with Crippen molar-refractivity contribution in [2.45, 2.75) is 4.90 Å². The summed E-state index contributed by atoms with van der Waals surface area (Å²) in [6.45, 7) is 0. The lowest BCUT2D eigenvalue weighted by molar-refractivity contribution is -0.112. The smallest absolute Gasteiger partial charge is 0.266 e. The molecule has 2 rings (SSSR count). The minimum absolute atomic E-state index is 0.0677. The first-order valence-corrected chi connectivity index (χ1v) is 7.91. The average Bonchev–Trinajstić information content (AvgIpc) is 2.53. The number of anilines is 1. The lowest BCUT2D eigenvalue weighted by Crippen LogP contribution is -2.14. The van der Waals surface area contributed by atoms with Crippen molar-refractivity contribution in [3.8, 4) is 6.07 Å². The molecule has 1 aromatic carbocycles. The molecule has 1 amide bonds. The van der Waals surface area contributed by atoms with Gasteiger partial charge in [0, 0.05) is 18.1 Å². The summed E-state index contributed by atoms with van der Waals surface area (Å²) in [4.78, 5) is 15.9. The molecule has 23 heavy (non-hydrogen) atoms. The van der Waals surface area contributed by atoms with Crippen LogP contribution in [0.5, 0.6) is 0 Å². The van der Waals surface area contributed by atoms with Crippen molar-refractivity contribution in [1.29, 1.82) is 5.26 Å². The van der Waals surface area contributed by atoms with Gasteiger partial charge in [-0.05, 0) is 42.0 Å². The van der Waals surface area contributed by atoms with Crippen LogP contribution in [-0.2, 0) is 14.8 Å². The second-order valence-corrected chi connectivity index (χ2v) is 6.04. The van der Waals surface area contributed by atoms with E-state index in [2.05, 4.69) is 10.3 Å². The molecule has 0 aliphatic heterocycles. The van der Waals surface area contributed by atoms with Crippen LogP contribution in [0.2, 0.25) is 0 Å². The van der Waals surface area contributed by atoms with Crippen molar-refractivity contribution < 1.29 is 13.2 Å². The fraction of sp³-hybridized carbons (Fsp3) is 0. The van der Waals surface area contributed by atoms with Crippen molar-refractivity contribution >= 4 is 27.7 Å². The van der Waals surface area contributed by atoms with Crippen LogP contribution < -0.4 is 10.5 Å². The van der Waals surface area contributed by atoms with Crippen LogP contribution >= 0.6 is 0 Å². The van der Waals surface area contributed by atoms with Gasteiger partial charge in [0.2, 0.25) is 10.0 Å². The van der Waals surface area contributed by atoms with Crippen LogP contribution in [-0.4, -0.2) is 19.3 Å². The molecule has 0 saturated carbocycles. The summed E-state index contributed by atoms with van der Waals surface area (Å²) < 4.78 is 22.3.